The summed E-state index contributed by atoms with van der Waals surface area (Å²) in [5, 5.41) is 0. The van der Waals surface area contributed by atoms with Gasteiger partial charge in [0.1, 0.15) is 0 Å². The molecule has 0 bridgehead atoms. The Morgan fingerprint density at radius 2 is 1.32 bits per heavy atom. The molecule has 3 aliphatic rings. The van der Waals surface area contributed by atoms with Crippen molar-refractivity contribution >= 4 is 0 Å². The molecule has 0 aromatic heterocycles. The lowest BCUT2D eigenvalue weighted by molar-refractivity contribution is 0.0286. The first-order valence-corrected chi connectivity index (χ1v) is 13.1. The second-order valence-corrected chi connectivity index (χ2v) is 10.4. The second kappa shape index (κ2) is 12.4. The smallest absolute Gasteiger partial charge is 0.0756 e. The van der Waals surface area contributed by atoms with E-state index in [9.17, 15) is 0 Å². The average molecular weight is 389 g/mol. The summed E-state index contributed by atoms with van der Waals surface area (Å²) in [6, 6.07) is 0. The van der Waals surface area contributed by atoms with Crippen molar-refractivity contribution in [3.8, 4) is 0 Å². The third kappa shape index (κ3) is 7.19. The van der Waals surface area contributed by atoms with Crippen LogP contribution in [-0.2, 0) is 4.74 Å². The van der Waals surface area contributed by atoms with E-state index in [-0.39, 0.29) is 0 Å². The SMILES string of the molecule is CCCCC[C@H]1CC[C@H](COC2C=CC([C@H]3CC[C@H](CCC)CC3)CC2)CC1. The topological polar surface area (TPSA) is 9.23 Å². The van der Waals surface area contributed by atoms with Crippen molar-refractivity contribution in [2.75, 3.05) is 6.61 Å². The molecule has 3 aliphatic carbocycles. The van der Waals surface area contributed by atoms with E-state index in [1.807, 2.05) is 0 Å². The van der Waals surface area contributed by atoms with Crippen LogP contribution in [0, 0.1) is 29.6 Å². The standard InChI is InChI=1S/C27H48O/c1-3-5-6-8-23-9-11-24(12-10-23)21-28-27-19-17-26(18-20-27)25-15-13-22(7-4-2)14-16-25/h17,19,22-27H,3-16,18,20-21H2,1-2H3/t22-,23-,24-,25-,26?,27?. The van der Waals surface area contributed by atoms with E-state index >= 15 is 0 Å². The Bertz CT molecular complexity index is 426. The normalized spacial score (nSPS) is 36.5. The van der Waals surface area contributed by atoms with Gasteiger partial charge in [0.2, 0.25) is 0 Å². The average Bonchev–Trinajstić information content (AvgIpc) is 2.75. The monoisotopic (exact) mass is 388 g/mol. The molecule has 0 aromatic rings. The molecule has 0 amide bonds. The van der Waals surface area contributed by atoms with Crippen LogP contribution in [0.1, 0.15) is 117 Å². The molecule has 2 unspecified atom stereocenters. The maximum absolute atomic E-state index is 6.35. The Labute approximate surface area is 176 Å². The van der Waals surface area contributed by atoms with Gasteiger partial charge < -0.3 is 4.74 Å². The van der Waals surface area contributed by atoms with Crippen LogP contribution in [0.25, 0.3) is 0 Å². The summed E-state index contributed by atoms with van der Waals surface area (Å²) >= 11 is 0. The molecule has 0 N–H and O–H groups in total. The molecule has 3 rings (SSSR count). The zero-order chi connectivity index (χ0) is 19.6. The molecule has 28 heavy (non-hydrogen) atoms. The molecular formula is C27H48O. The molecule has 1 nitrogen and oxygen atoms in total. The lowest BCUT2D eigenvalue weighted by Crippen LogP contribution is -2.27. The van der Waals surface area contributed by atoms with Crippen molar-refractivity contribution in [3.05, 3.63) is 12.2 Å². The summed E-state index contributed by atoms with van der Waals surface area (Å²) in [7, 11) is 0. The molecule has 0 heterocycles. The van der Waals surface area contributed by atoms with Gasteiger partial charge in [0.15, 0.2) is 0 Å². The molecule has 2 saturated carbocycles. The molecule has 0 spiro atoms. The summed E-state index contributed by atoms with van der Waals surface area (Å²) in [4.78, 5) is 0. The number of hydrogen-bond donors (Lipinski definition) is 0. The fraction of sp³-hybridized carbons (Fsp3) is 0.926. The van der Waals surface area contributed by atoms with E-state index in [1.165, 1.54) is 103 Å². The van der Waals surface area contributed by atoms with Crippen molar-refractivity contribution in [2.24, 2.45) is 29.6 Å². The Morgan fingerprint density at radius 3 is 1.96 bits per heavy atom. The molecule has 1 heteroatoms. The quantitative estimate of drug-likeness (QED) is 0.270. The van der Waals surface area contributed by atoms with Crippen LogP contribution in [0.4, 0.5) is 0 Å². The third-order valence-electron chi connectivity index (χ3n) is 8.28. The number of hydrogen-bond acceptors (Lipinski definition) is 1. The molecule has 0 aromatic carbocycles. The van der Waals surface area contributed by atoms with E-state index in [1.54, 1.807) is 0 Å². The fourth-order valence-electron chi connectivity index (χ4n) is 6.29. The summed E-state index contributed by atoms with van der Waals surface area (Å²) in [5.74, 6) is 4.70. The van der Waals surface area contributed by atoms with Gasteiger partial charge in [0, 0.05) is 0 Å². The molecule has 0 radical (unpaired) electrons. The van der Waals surface area contributed by atoms with Crippen molar-refractivity contribution in [3.63, 3.8) is 0 Å². The Balaban J connectivity index is 1.29. The van der Waals surface area contributed by atoms with Gasteiger partial charge in [-0.1, -0.05) is 90.2 Å². The summed E-state index contributed by atoms with van der Waals surface area (Å²) in [6.45, 7) is 5.67. The van der Waals surface area contributed by atoms with Gasteiger partial charge in [0.05, 0.1) is 12.7 Å². The lowest BCUT2D eigenvalue weighted by atomic mass is 9.72. The molecule has 2 fully saturated rings. The Kier molecular flexibility index (Phi) is 9.92. The third-order valence-corrected chi connectivity index (χ3v) is 8.28. The molecule has 162 valence electrons. The minimum Gasteiger partial charge on any atom is -0.374 e. The van der Waals surface area contributed by atoms with E-state index < -0.39 is 0 Å². The van der Waals surface area contributed by atoms with Crippen LogP contribution in [-0.4, -0.2) is 12.7 Å². The van der Waals surface area contributed by atoms with Crippen LogP contribution >= 0.6 is 0 Å². The maximum Gasteiger partial charge on any atom is 0.0756 e. The van der Waals surface area contributed by atoms with Gasteiger partial charge >= 0.3 is 0 Å². The van der Waals surface area contributed by atoms with E-state index in [2.05, 4.69) is 26.0 Å². The Hall–Kier alpha value is -0.300. The minimum atomic E-state index is 0.412. The zero-order valence-corrected chi connectivity index (χ0v) is 19.0. The highest BCUT2D eigenvalue weighted by Gasteiger charge is 2.29. The van der Waals surface area contributed by atoms with Gasteiger partial charge in [-0.25, -0.2) is 0 Å². The van der Waals surface area contributed by atoms with Crippen molar-refractivity contribution in [1.82, 2.24) is 0 Å². The van der Waals surface area contributed by atoms with Crippen LogP contribution < -0.4 is 0 Å². The molecule has 2 atom stereocenters. The van der Waals surface area contributed by atoms with Crippen molar-refractivity contribution < 1.29 is 4.74 Å². The molecule has 0 saturated heterocycles. The van der Waals surface area contributed by atoms with Crippen LogP contribution in [0.15, 0.2) is 12.2 Å². The minimum absolute atomic E-state index is 0.412. The zero-order valence-electron chi connectivity index (χ0n) is 19.0. The van der Waals surface area contributed by atoms with E-state index in [4.69, 9.17) is 4.74 Å². The Morgan fingerprint density at radius 1 is 0.643 bits per heavy atom. The van der Waals surface area contributed by atoms with Crippen LogP contribution in [0.3, 0.4) is 0 Å². The number of ether oxygens (including phenoxy) is 1. The van der Waals surface area contributed by atoms with Gasteiger partial charge in [-0.3, -0.25) is 0 Å². The molecule has 0 aliphatic heterocycles. The van der Waals surface area contributed by atoms with Gasteiger partial charge in [0.25, 0.3) is 0 Å². The molecular weight excluding hydrogens is 340 g/mol. The number of rotatable bonds is 10. The summed E-state index contributed by atoms with van der Waals surface area (Å²) in [6.07, 6.45) is 28.3. The maximum atomic E-state index is 6.35. The fourth-order valence-corrected chi connectivity index (χ4v) is 6.29. The predicted octanol–water partition coefficient (Wildman–Crippen LogP) is 8.33. The van der Waals surface area contributed by atoms with Crippen molar-refractivity contribution in [2.45, 2.75) is 123 Å². The summed E-state index contributed by atoms with van der Waals surface area (Å²) < 4.78 is 6.35. The highest BCUT2D eigenvalue weighted by molar-refractivity contribution is 5.02. The second-order valence-electron chi connectivity index (χ2n) is 10.4. The number of unbranched alkanes of at least 4 members (excludes halogenated alkanes) is 2. The van der Waals surface area contributed by atoms with Crippen LogP contribution in [0.5, 0.6) is 0 Å². The van der Waals surface area contributed by atoms with Crippen LogP contribution in [0.2, 0.25) is 0 Å². The van der Waals surface area contributed by atoms with Gasteiger partial charge in [-0.15, -0.1) is 0 Å². The predicted molar refractivity (Wildman–Crippen MR) is 122 cm³/mol. The van der Waals surface area contributed by atoms with Gasteiger partial charge in [-0.2, -0.15) is 0 Å². The van der Waals surface area contributed by atoms with Crippen molar-refractivity contribution in [1.29, 1.82) is 0 Å². The number of allylic oxidation sites excluding steroid dienone is 1. The first kappa shape index (κ1) is 22.4. The largest absolute Gasteiger partial charge is 0.374 e. The highest BCUT2D eigenvalue weighted by atomic mass is 16.5. The summed E-state index contributed by atoms with van der Waals surface area (Å²) in [5.41, 5.74) is 0. The lowest BCUT2D eigenvalue weighted by Gasteiger charge is -2.35. The van der Waals surface area contributed by atoms with Gasteiger partial charge in [-0.05, 0) is 68.1 Å². The van der Waals surface area contributed by atoms with E-state index in [0.29, 0.717) is 6.10 Å². The highest BCUT2D eigenvalue weighted by Crippen LogP contribution is 2.39. The van der Waals surface area contributed by atoms with E-state index in [0.717, 1.165) is 36.2 Å². The first-order valence-electron chi connectivity index (χ1n) is 13.1. The first-order chi connectivity index (χ1) is 13.8.